The van der Waals surface area contributed by atoms with Gasteiger partial charge < -0.3 is 0 Å². The van der Waals surface area contributed by atoms with Gasteiger partial charge in [-0.05, 0) is 19.1 Å². The second-order valence-electron chi connectivity index (χ2n) is 2.74. The van der Waals surface area contributed by atoms with E-state index in [4.69, 9.17) is 0 Å². The van der Waals surface area contributed by atoms with E-state index in [0.717, 1.165) is 10.6 Å². The van der Waals surface area contributed by atoms with Crippen LogP contribution in [0.5, 0.6) is 0 Å². The maximum Gasteiger partial charge on any atom is 0.132 e. The van der Waals surface area contributed by atoms with Gasteiger partial charge in [-0.3, -0.25) is 0 Å². The zero-order chi connectivity index (χ0) is 9.26. The van der Waals surface area contributed by atoms with Crippen LogP contribution < -0.4 is 0 Å². The molecule has 1 aromatic heterocycles. The zero-order valence-electron chi connectivity index (χ0n) is 7.12. The largest absolute Gasteiger partial charge is 0.244 e. The highest BCUT2D eigenvalue weighted by molar-refractivity contribution is 7.10. The molecule has 0 unspecified atom stereocenters. The monoisotopic (exact) mass is 193 g/mol. The van der Waals surface area contributed by atoms with Crippen LogP contribution in [-0.2, 0) is 0 Å². The molecule has 2 rings (SSSR count). The molecule has 0 spiro atoms. The molecule has 0 atom stereocenters. The summed E-state index contributed by atoms with van der Waals surface area (Å²) in [4.78, 5) is 5.17. The Labute approximate surface area is 79.9 Å². The van der Waals surface area contributed by atoms with E-state index >= 15 is 0 Å². The number of aryl methyl sites for hydroxylation is 1. The van der Waals surface area contributed by atoms with Crippen LogP contribution in [0.2, 0.25) is 0 Å². The molecule has 0 aliphatic rings. The molecule has 1 nitrogen and oxygen atoms in total. The Morgan fingerprint density at radius 2 is 2.08 bits per heavy atom. The SMILES string of the molecule is Cc1scnc1-c1ccccc1F. The minimum absolute atomic E-state index is 0.212. The number of halogens is 1. The smallest absolute Gasteiger partial charge is 0.132 e. The van der Waals surface area contributed by atoms with Gasteiger partial charge in [0.1, 0.15) is 5.82 Å². The first-order valence-corrected chi connectivity index (χ1v) is 4.82. The predicted molar refractivity (Wildman–Crippen MR) is 52.2 cm³/mol. The molecular weight excluding hydrogens is 185 g/mol. The molecule has 0 amide bonds. The van der Waals surface area contributed by atoms with E-state index < -0.39 is 0 Å². The Balaban J connectivity index is 2.59. The lowest BCUT2D eigenvalue weighted by atomic mass is 10.1. The second kappa shape index (κ2) is 3.26. The quantitative estimate of drug-likeness (QED) is 0.677. The first-order chi connectivity index (χ1) is 6.29. The Kier molecular flexibility index (Phi) is 2.10. The maximum absolute atomic E-state index is 13.3. The molecule has 3 heteroatoms. The van der Waals surface area contributed by atoms with Gasteiger partial charge in [0.25, 0.3) is 0 Å². The van der Waals surface area contributed by atoms with Gasteiger partial charge in [-0.1, -0.05) is 12.1 Å². The summed E-state index contributed by atoms with van der Waals surface area (Å²) in [6.45, 7) is 1.94. The van der Waals surface area contributed by atoms with Crippen LogP contribution in [0.3, 0.4) is 0 Å². The lowest BCUT2D eigenvalue weighted by Crippen LogP contribution is -1.84. The number of hydrogen-bond donors (Lipinski definition) is 0. The van der Waals surface area contributed by atoms with Crippen LogP contribution in [0.15, 0.2) is 29.8 Å². The molecular formula is C10H8FNS. The van der Waals surface area contributed by atoms with E-state index in [2.05, 4.69) is 4.98 Å². The second-order valence-corrected chi connectivity index (χ2v) is 3.80. The predicted octanol–water partition coefficient (Wildman–Crippen LogP) is 3.26. The van der Waals surface area contributed by atoms with Crippen molar-refractivity contribution in [3.05, 3.63) is 40.5 Å². The van der Waals surface area contributed by atoms with Crippen molar-refractivity contribution in [3.8, 4) is 11.3 Å². The standard InChI is InChI=1S/C10H8FNS/c1-7-10(12-6-13-7)8-4-2-3-5-9(8)11/h2-6H,1H3. The minimum atomic E-state index is -0.212. The number of thiazole rings is 1. The Bertz CT molecular complexity index is 422. The lowest BCUT2D eigenvalue weighted by molar-refractivity contribution is 0.631. The topological polar surface area (TPSA) is 12.9 Å². The van der Waals surface area contributed by atoms with E-state index in [-0.39, 0.29) is 5.82 Å². The first-order valence-electron chi connectivity index (χ1n) is 3.94. The van der Waals surface area contributed by atoms with Gasteiger partial charge in [0.15, 0.2) is 0 Å². The van der Waals surface area contributed by atoms with Crippen LogP contribution in [0.1, 0.15) is 4.88 Å². The van der Waals surface area contributed by atoms with E-state index in [9.17, 15) is 4.39 Å². The number of hydrogen-bond acceptors (Lipinski definition) is 2. The van der Waals surface area contributed by atoms with Crippen molar-refractivity contribution in [1.29, 1.82) is 0 Å². The first kappa shape index (κ1) is 8.38. The van der Waals surface area contributed by atoms with Gasteiger partial charge >= 0.3 is 0 Å². The highest BCUT2D eigenvalue weighted by atomic mass is 32.1. The van der Waals surface area contributed by atoms with Crippen LogP contribution in [-0.4, -0.2) is 4.98 Å². The number of rotatable bonds is 1. The Morgan fingerprint density at radius 3 is 2.69 bits per heavy atom. The summed E-state index contributed by atoms with van der Waals surface area (Å²) in [5.41, 5.74) is 3.07. The summed E-state index contributed by atoms with van der Waals surface area (Å²) in [6.07, 6.45) is 0. The van der Waals surface area contributed by atoms with Gasteiger partial charge in [0, 0.05) is 10.4 Å². The molecule has 0 saturated carbocycles. The average molecular weight is 193 g/mol. The van der Waals surface area contributed by atoms with E-state index in [1.165, 1.54) is 17.4 Å². The third-order valence-electron chi connectivity index (χ3n) is 1.87. The number of aromatic nitrogens is 1. The normalized spacial score (nSPS) is 10.3. The molecule has 0 bridgehead atoms. The van der Waals surface area contributed by atoms with E-state index in [1.54, 1.807) is 17.6 Å². The summed E-state index contributed by atoms with van der Waals surface area (Å²) >= 11 is 1.53. The molecule has 1 aromatic carbocycles. The molecule has 1 heterocycles. The van der Waals surface area contributed by atoms with Crippen molar-refractivity contribution in [2.45, 2.75) is 6.92 Å². The summed E-state index contributed by atoms with van der Waals surface area (Å²) < 4.78 is 13.3. The fraction of sp³-hybridized carbons (Fsp3) is 0.100. The molecule has 0 saturated heterocycles. The zero-order valence-corrected chi connectivity index (χ0v) is 7.94. The highest BCUT2D eigenvalue weighted by Gasteiger charge is 2.08. The van der Waals surface area contributed by atoms with E-state index in [0.29, 0.717) is 5.56 Å². The summed E-state index contributed by atoms with van der Waals surface area (Å²) in [6, 6.07) is 6.70. The summed E-state index contributed by atoms with van der Waals surface area (Å²) in [5, 5.41) is 0. The van der Waals surface area contributed by atoms with Crippen molar-refractivity contribution < 1.29 is 4.39 Å². The summed E-state index contributed by atoms with van der Waals surface area (Å²) in [7, 11) is 0. The van der Waals surface area contributed by atoms with Crippen molar-refractivity contribution in [3.63, 3.8) is 0 Å². The summed E-state index contributed by atoms with van der Waals surface area (Å²) in [5.74, 6) is -0.212. The van der Waals surface area contributed by atoms with Crippen LogP contribution >= 0.6 is 11.3 Å². The van der Waals surface area contributed by atoms with Gasteiger partial charge in [-0.15, -0.1) is 11.3 Å². The Morgan fingerprint density at radius 1 is 1.31 bits per heavy atom. The van der Waals surface area contributed by atoms with E-state index in [1.807, 2.05) is 13.0 Å². The molecule has 0 N–H and O–H groups in total. The molecule has 0 radical (unpaired) electrons. The van der Waals surface area contributed by atoms with Crippen molar-refractivity contribution >= 4 is 11.3 Å². The number of nitrogens with zero attached hydrogens (tertiary/aromatic N) is 1. The molecule has 0 aliphatic carbocycles. The molecule has 66 valence electrons. The molecule has 0 aliphatic heterocycles. The van der Waals surface area contributed by atoms with Gasteiger partial charge in [0.05, 0.1) is 11.2 Å². The third kappa shape index (κ3) is 1.47. The van der Waals surface area contributed by atoms with Crippen LogP contribution in [0, 0.1) is 12.7 Å². The van der Waals surface area contributed by atoms with Gasteiger partial charge in [-0.2, -0.15) is 0 Å². The van der Waals surface area contributed by atoms with Crippen molar-refractivity contribution in [2.24, 2.45) is 0 Å². The van der Waals surface area contributed by atoms with Gasteiger partial charge in [0.2, 0.25) is 0 Å². The molecule has 13 heavy (non-hydrogen) atoms. The average Bonchev–Trinajstić information content (AvgIpc) is 2.52. The molecule has 2 aromatic rings. The number of benzene rings is 1. The third-order valence-corrected chi connectivity index (χ3v) is 2.63. The van der Waals surface area contributed by atoms with Crippen LogP contribution in [0.4, 0.5) is 4.39 Å². The fourth-order valence-corrected chi connectivity index (χ4v) is 1.81. The van der Waals surface area contributed by atoms with Gasteiger partial charge in [-0.25, -0.2) is 9.37 Å². The lowest BCUT2D eigenvalue weighted by Gasteiger charge is -1.99. The maximum atomic E-state index is 13.3. The molecule has 0 fully saturated rings. The van der Waals surface area contributed by atoms with Crippen LogP contribution in [0.25, 0.3) is 11.3 Å². The van der Waals surface area contributed by atoms with Crippen molar-refractivity contribution in [2.75, 3.05) is 0 Å². The highest BCUT2D eigenvalue weighted by Crippen LogP contribution is 2.26. The van der Waals surface area contributed by atoms with Crippen molar-refractivity contribution in [1.82, 2.24) is 4.98 Å². The Hall–Kier alpha value is -1.22. The minimum Gasteiger partial charge on any atom is -0.244 e. The fourth-order valence-electron chi connectivity index (χ4n) is 1.22.